The molecule has 1 aromatic carbocycles. The average Bonchev–Trinajstić information content (AvgIpc) is 2.41. The maximum absolute atomic E-state index is 14.1. The van der Waals surface area contributed by atoms with E-state index in [0.29, 0.717) is 18.9 Å². The Kier molecular flexibility index (Phi) is 4.06. The predicted molar refractivity (Wildman–Crippen MR) is 71.9 cm³/mol. The number of hydrogen-bond acceptors (Lipinski definition) is 3. The second kappa shape index (κ2) is 5.36. The summed E-state index contributed by atoms with van der Waals surface area (Å²) in [5.74, 6) is -3.85. The molecule has 0 spiro atoms. The van der Waals surface area contributed by atoms with Crippen LogP contribution in [0.25, 0.3) is 0 Å². The second-order valence-corrected chi connectivity index (χ2v) is 7.50. The number of carboxylic acids is 1. The van der Waals surface area contributed by atoms with Crippen LogP contribution in [0, 0.1) is 11.6 Å². The molecule has 0 aliphatic heterocycles. The van der Waals surface area contributed by atoms with E-state index < -0.39 is 37.8 Å². The molecule has 7 heteroatoms. The molecule has 0 saturated heterocycles. The van der Waals surface area contributed by atoms with Crippen molar-refractivity contribution >= 4 is 15.8 Å². The van der Waals surface area contributed by atoms with Gasteiger partial charge in [0.15, 0.2) is 21.5 Å². The maximum Gasteiger partial charge on any atom is 0.314 e. The fraction of sp³-hybridized carbons (Fsp3) is 0.500. The fourth-order valence-electron chi connectivity index (χ4n) is 2.88. The van der Waals surface area contributed by atoms with Crippen LogP contribution in [0.5, 0.6) is 0 Å². The van der Waals surface area contributed by atoms with Gasteiger partial charge in [-0.15, -0.1) is 0 Å². The number of halogens is 2. The van der Waals surface area contributed by atoms with Gasteiger partial charge in [-0.2, -0.15) is 0 Å². The first-order chi connectivity index (χ1) is 9.68. The van der Waals surface area contributed by atoms with E-state index in [-0.39, 0.29) is 18.4 Å². The van der Waals surface area contributed by atoms with Gasteiger partial charge in [-0.05, 0) is 25.0 Å². The molecule has 0 atom stereocenters. The molecule has 1 saturated carbocycles. The van der Waals surface area contributed by atoms with Gasteiger partial charge < -0.3 is 5.11 Å². The number of aliphatic carboxylic acids is 1. The third kappa shape index (κ3) is 2.79. The van der Waals surface area contributed by atoms with Gasteiger partial charge in [-0.3, -0.25) is 4.79 Å². The molecule has 116 valence electrons. The minimum absolute atomic E-state index is 0.173. The van der Waals surface area contributed by atoms with E-state index >= 15 is 0 Å². The third-order valence-electron chi connectivity index (χ3n) is 4.06. The van der Waals surface area contributed by atoms with Gasteiger partial charge in [0.1, 0.15) is 0 Å². The second-order valence-electron chi connectivity index (χ2n) is 5.49. The molecule has 1 aliphatic carbocycles. The van der Waals surface area contributed by atoms with Crippen LogP contribution in [0.3, 0.4) is 0 Å². The van der Waals surface area contributed by atoms with Crippen molar-refractivity contribution in [2.45, 2.75) is 42.4 Å². The topological polar surface area (TPSA) is 71.4 Å². The van der Waals surface area contributed by atoms with Gasteiger partial charge in [0.2, 0.25) is 0 Å². The molecule has 1 aliphatic rings. The monoisotopic (exact) mass is 318 g/mol. The van der Waals surface area contributed by atoms with Crippen LogP contribution in [0.4, 0.5) is 8.78 Å². The van der Waals surface area contributed by atoms with E-state index in [1.165, 1.54) is 0 Å². The van der Waals surface area contributed by atoms with Crippen molar-refractivity contribution in [1.29, 1.82) is 0 Å². The zero-order chi connectivity index (χ0) is 15.8. The highest BCUT2D eigenvalue weighted by molar-refractivity contribution is 7.90. The molecule has 1 aromatic rings. The first-order valence-electron chi connectivity index (χ1n) is 6.61. The Morgan fingerprint density at radius 3 is 2.24 bits per heavy atom. The van der Waals surface area contributed by atoms with Crippen molar-refractivity contribution in [1.82, 2.24) is 0 Å². The molecule has 1 fully saturated rings. The lowest BCUT2D eigenvalue weighted by atomic mass is 9.69. The summed E-state index contributed by atoms with van der Waals surface area (Å²) in [6, 6.07) is 1.56. The Bertz CT molecular complexity index is 676. The summed E-state index contributed by atoms with van der Waals surface area (Å²) in [4.78, 5) is 11.3. The molecular formula is C14H16F2O4S. The summed E-state index contributed by atoms with van der Waals surface area (Å²) >= 11 is 0. The van der Waals surface area contributed by atoms with Crippen molar-refractivity contribution in [2.24, 2.45) is 0 Å². The molecule has 21 heavy (non-hydrogen) atoms. The minimum Gasteiger partial charge on any atom is -0.481 e. The summed E-state index contributed by atoms with van der Waals surface area (Å²) in [5.41, 5.74) is -1.92. The molecule has 1 N–H and O–H groups in total. The quantitative estimate of drug-likeness (QED) is 0.870. The molecule has 2 rings (SSSR count). The summed E-state index contributed by atoms with van der Waals surface area (Å²) in [6.45, 7) is 0. The van der Waals surface area contributed by atoms with Crippen LogP contribution in [0.15, 0.2) is 17.0 Å². The van der Waals surface area contributed by atoms with Gasteiger partial charge in [0, 0.05) is 11.8 Å². The number of rotatable bonds is 3. The zero-order valence-corrected chi connectivity index (χ0v) is 12.3. The van der Waals surface area contributed by atoms with Crippen LogP contribution in [-0.2, 0) is 20.0 Å². The molecule has 0 radical (unpaired) electrons. The summed E-state index contributed by atoms with van der Waals surface area (Å²) in [7, 11) is -3.76. The van der Waals surface area contributed by atoms with Crippen molar-refractivity contribution in [3.8, 4) is 0 Å². The predicted octanol–water partition coefficient (Wildman–Crippen LogP) is 2.65. The van der Waals surface area contributed by atoms with Gasteiger partial charge in [0.05, 0.1) is 10.3 Å². The Morgan fingerprint density at radius 2 is 1.76 bits per heavy atom. The van der Waals surface area contributed by atoms with Crippen molar-refractivity contribution < 1.29 is 27.1 Å². The minimum atomic E-state index is -3.76. The number of carbonyl (C=O) groups is 1. The molecule has 4 nitrogen and oxygen atoms in total. The van der Waals surface area contributed by atoms with Gasteiger partial charge in [0.25, 0.3) is 0 Å². The van der Waals surface area contributed by atoms with E-state index in [1.54, 1.807) is 0 Å². The highest BCUT2D eigenvalue weighted by Gasteiger charge is 2.44. The Balaban J connectivity index is 2.71. The molecular weight excluding hydrogens is 302 g/mol. The first kappa shape index (κ1) is 15.9. The van der Waals surface area contributed by atoms with Gasteiger partial charge in [-0.1, -0.05) is 19.3 Å². The summed E-state index contributed by atoms with van der Waals surface area (Å²) in [6.07, 6.45) is 3.20. The Hall–Kier alpha value is -1.50. The lowest BCUT2D eigenvalue weighted by Crippen LogP contribution is -2.39. The normalized spacial score (nSPS) is 18.4. The molecule has 0 unspecified atom stereocenters. The Morgan fingerprint density at radius 1 is 1.19 bits per heavy atom. The van der Waals surface area contributed by atoms with E-state index in [1.807, 2.05) is 0 Å². The lowest BCUT2D eigenvalue weighted by Gasteiger charge is -2.34. The van der Waals surface area contributed by atoms with E-state index in [9.17, 15) is 27.1 Å². The maximum atomic E-state index is 14.1. The van der Waals surface area contributed by atoms with E-state index in [4.69, 9.17) is 0 Å². The van der Waals surface area contributed by atoms with E-state index in [0.717, 1.165) is 18.7 Å². The SMILES string of the molecule is CS(=O)(=O)c1cc(F)c(F)c(C2(C(=O)O)CCCCC2)c1. The summed E-state index contributed by atoms with van der Waals surface area (Å²) < 4.78 is 51.0. The number of benzene rings is 1. The Labute approximate surface area is 121 Å². The van der Waals surface area contributed by atoms with Crippen LogP contribution >= 0.6 is 0 Å². The van der Waals surface area contributed by atoms with Crippen LogP contribution in [-0.4, -0.2) is 25.7 Å². The van der Waals surface area contributed by atoms with Crippen molar-refractivity contribution in [3.63, 3.8) is 0 Å². The van der Waals surface area contributed by atoms with Crippen molar-refractivity contribution in [2.75, 3.05) is 6.26 Å². The number of carboxylic acid groups (broad SMARTS) is 1. The van der Waals surface area contributed by atoms with Gasteiger partial charge in [-0.25, -0.2) is 17.2 Å². The third-order valence-corrected chi connectivity index (χ3v) is 5.15. The van der Waals surface area contributed by atoms with Crippen molar-refractivity contribution in [3.05, 3.63) is 29.3 Å². The van der Waals surface area contributed by atoms with E-state index in [2.05, 4.69) is 0 Å². The largest absolute Gasteiger partial charge is 0.481 e. The molecule has 0 aromatic heterocycles. The lowest BCUT2D eigenvalue weighted by molar-refractivity contribution is -0.145. The molecule has 0 amide bonds. The molecule has 0 bridgehead atoms. The average molecular weight is 318 g/mol. The van der Waals surface area contributed by atoms with Crippen LogP contribution in [0.1, 0.15) is 37.7 Å². The smallest absolute Gasteiger partial charge is 0.314 e. The van der Waals surface area contributed by atoms with Crippen LogP contribution < -0.4 is 0 Å². The first-order valence-corrected chi connectivity index (χ1v) is 8.50. The highest BCUT2D eigenvalue weighted by atomic mass is 32.2. The fourth-order valence-corrected chi connectivity index (χ4v) is 3.53. The number of sulfone groups is 1. The zero-order valence-electron chi connectivity index (χ0n) is 11.5. The molecule has 0 heterocycles. The summed E-state index contributed by atoms with van der Waals surface area (Å²) in [5, 5.41) is 9.51. The number of hydrogen-bond donors (Lipinski definition) is 1. The van der Waals surface area contributed by atoms with Crippen LogP contribution in [0.2, 0.25) is 0 Å². The highest BCUT2D eigenvalue weighted by Crippen LogP contribution is 2.42. The standard InChI is InChI=1S/C14H16F2O4S/c1-21(19,20)9-7-10(12(16)11(15)8-9)14(13(17)18)5-3-2-4-6-14/h7-8H,2-6H2,1H3,(H,17,18). The van der Waals surface area contributed by atoms with Gasteiger partial charge >= 0.3 is 5.97 Å².